The molecule has 1 aromatic carbocycles. The van der Waals surface area contributed by atoms with E-state index in [4.69, 9.17) is 13.9 Å². The third-order valence-corrected chi connectivity index (χ3v) is 5.08. The Morgan fingerprint density at radius 3 is 2.77 bits per heavy atom. The Hall–Kier alpha value is -3.72. The van der Waals surface area contributed by atoms with E-state index in [0.717, 1.165) is 11.1 Å². The summed E-state index contributed by atoms with van der Waals surface area (Å²) in [6.07, 6.45) is 3.98. The minimum atomic E-state index is -0.166. The van der Waals surface area contributed by atoms with Crippen molar-refractivity contribution in [1.29, 1.82) is 0 Å². The largest absolute Gasteiger partial charge is 0.493 e. The van der Waals surface area contributed by atoms with Gasteiger partial charge in [-0.05, 0) is 41.3 Å². The van der Waals surface area contributed by atoms with E-state index in [9.17, 15) is 4.79 Å². The molecule has 0 radical (unpaired) electrons. The van der Waals surface area contributed by atoms with E-state index in [2.05, 4.69) is 20.5 Å². The van der Waals surface area contributed by atoms with Crippen molar-refractivity contribution in [2.75, 3.05) is 12.4 Å². The molecule has 0 fully saturated rings. The number of ether oxygens (including phenoxy) is 2. The summed E-state index contributed by atoms with van der Waals surface area (Å²) in [4.78, 5) is 16.4. The van der Waals surface area contributed by atoms with Gasteiger partial charge >= 0.3 is 0 Å². The van der Waals surface area contributed by atoms with Crippen LogP contribution in [-0.4, -0.2) is 28.2 Å². The van der Waals surface area contributed by atoms with Crippen molar-refractivity contribution in [1.82, 2.24) is 15.2 Å². The molecule has 4 aromatic rings. The molecule has 4 rings (SSSR count). The summed E-state index contributed by atoms with van der Waals surface area (Å²) in [6, 6.07) is 10.9. The third kappa shape index (κ3) is 5.46. The lowest BCUT2D eigenvalue weighted by atomic mass is 10.2. The normalized spacial score (nSPS) is 10.6. The molecule has 0 aliphatic heterocycles. The molecule has 0 aliphatic rings. The van der Waals surface area contributed by atoms with E-state index in [-0.39, 0.29) is 12.3 Å². The van der Waals surface area contributed by atoms with Gasteiger partial charge in [-0.1, -0.05) is 0 Å². The fourth-order valence-electron chi connectivity index (χ4n) is 2.81. The predicted octanol–water partition coefficient (Wildman–Crippen LogP) is 4.35. The van der Waals surface area contributed by atoms with Crippen LogP contribution >= 0.6 is 11.3 Å². The van der Waals surface area contributed by atoms with Gasteiger partial charge in [-0.25, -0.2) is 0 Å². The van der Waals surface area contributed by atoms with Crippen LogP contribution < -0.4 is 14.8 Å². The first-order valence-corrected chi connectivity index (χ1v) is 10.5. The Morgan fingerprint density at radius 2 is 2.00 bits per heavy atom. The van der Waals surface area contributed by atoms with Gasteiger partial charge in [0.1, 0.15) is 6.61 Å². The van der Waals surface area contributed by atoms with E-state index in [1.54, 1.807) is 49.0 Å². The molecule has 158 valence electrons. The molecular formula is C22H20N4O4S. The smallest absolute Gasteiger partial charge is 0.248 e. The highest BCUT2D eigenvalue weighted by Gasteiger charge is 2.12. The molecular weight excluding hydrogens is 416 g/mol. The number of hydrogen-bond donors (Lipinski definition) is 1. The first-order valence-electron chi connectivity index (χ1n) is 9.56. The number of hydrogen-bond acceptors (Lipinski definition) is 8. The first kappa shape index (κ1) is 20.5. The second-order valence-corrected chi connectivity index (χ2v) is 7.35. The van der Waals surface area contributed by atoms with Crippen LogP contribution in [0.4, 0.5) is 5.69 Å². The molecule has 1 N–H and O–H groups in total. The molecule has 0 bridgehead atoms. The Morgan fingerprint density at radius 1 is 1.13 bits per heavy atom. The molecule has 0 unspecified atom stereocenters. The fraction of sp³-hybridized carbons (Fsp3) is 0.182. The van der Waals surface area contributed by atoms with Crippen LogP contribution in [-0.2, 0) is 17.8 Å². The van der Waals surface area contributed by atoms with Gasteiger partial charge in [0.25, 0.3) is 0 Å². The fourth-order valence-corrected chi connectivity index (χ4v) is 3.44. The Bertz CT molecular complexity index is 1130. The number of anilines is 1. The number of methoxy groups -OCH3 is 1. The average Bonchev–Trinajstić information content (AvgIpc) is 3.49. The van der Waals surface area contributed by atoms with Gasteiger partial charge in [0.15, 0.2) is 11.5 Å². The number of carbonyl (C=O) groups excluding carboxylic acids is 1. The van der Waals surface area contributed by atoms with Crippen molar-refractivity contribution in [2.24, 2.45) is 0 Å². The van der Waals surface area contributed by atoms with Gasteiger partial charge in [-0.15, -0.1) is 10.2 Å². The standard InChI is InChI=1S/C22H20N4O4S/c1-28-18-3-2-17(12-19(18)29-13-15-6-9-23-10-7-15)24-20(27)4-5-21-25-26-22(30-21)16-8-11-31-14-16/h2-3,6-12,14H,4-5,13H2,1H3,(H,24,27). The Balaban J connectivity index is 1.34. The van der Waals surface area contributed by atoms with E-state index in [1.807, 2.05) is 29.0 Å². The van der Waals surface area contributed by atoms with Gasteiger partial charge < -0.3 is 19.2 Å². The van der Waals surface area contributed by atoms with E-state index in [0.29, 0.717) is 42.0 Å². The molecule has 8 nitrogen and oxygen atoms in total. The number of rotatable bonds is 9. The van der Waals surface area contributed by atoms with Crippen LogP contribution in [0.5, 0.6) is 11.5 Å². The Labute approximate surface area is 182 Å². The quantitative estimate of drug-likeness (QED) is 0.416. The van der Waals surface area contributed by atoms with Crippen molar-refractivity contribution in [2.45, 2.75) is 19.4 Å². The molecule has 3 aromatic heterocycles. The maximum atomic E-state index is 12.4. The van der Waals surface area contributed by atoms with Crippen LogP contribution in [0.3, 0.4) is 0 Å². The summed E-state index contributed by atoms with van der Waals surface area (Å²) >= 11 is 1.56. The molecule has 0 saturated heterocycles. The van der Waals surface area contributed by atoms with Crippen molar-refractivity contribution in [3.8, 4) is 23.0 Å². The first-order chi connectivity index (χ1) is 15.2. The monoisotopic (exact) mass is 436 g/mol. The van der Waals surface area contributed by atoms with E-state index < -0.39 is 0 Å². The van der Waals surface area contributed by atoms with Gasteiger partial charge in [0.05, 0.1) is 7.11 Å². The van der Waals surface area contributed by atoms with Crippen LogP contribution in [0.15, 0.2) is 64.0 Å². The second-order valence-electron chi connectivity index (χ2n) is 6.57. The summed E-state index contributed by atoms with van der Waals surface area (Å²) in [5.41, 5.74) is 2.47. The summed E-state index contributed by atoms with van der Waals surface area (Å²) in [5.74, 6) is 1.84. The highest BCUT2D eigenvalue weighted by molar-refractivity contribution is 7.08. The van der Waals surface area contributed by atoms with Gasteiger partial charge in [0.2, 0.25) is 17.7 Å². The maximum Gasteiger partial charge on any atom is 0.248 e. The molecule has 9 heteroatoms. The Kier molecular flexibility index (Phi) is 6.53. The molecule has 0 atom stereocenters. The summed E-state index contributed by atoms with van der Waals surface area (Å²) < 4.78 is 16.8. The van der Waals surface area contributed by atoms with Gasteiger partial charge in [0, 0.05) is 47.9 Å². The van der Waals surface area contributed by atoms with Crippen molar-refractivity contribution >= 4 is 22.9 Å². The van der Waals surface area contributed by atoms with Crippen LogP contribution in [0.1, 0.15) is 17.9 Å². The van der Waals surface area contributed by atoms with Crippen LogP contribution in [0.25, 0.3) is 11.5 Å². The molecule has 31 heavy (non-hydrogen) atoms. The number of benzene rings is 1. The summed E-state index contributed by atoms with van der Waals surface area (Å²) in [6.45, 7) is 0.361. The second kappa shape index (κ2) is 9.86. The topological polar surface area (TPSA) is 99.4 Å². The molecule has 0 saturated carbocycles. The van der Waals surface area contributed by atoms with E-state index in [1.165, 1.54) is 0 Å². The van der Waals surface area contributed by atoms with Crippen LogP contribution in [0.2, 0.25) is 0 Å². The number of carbonyl (C=O) groups is 1. The lowest BCUT2D eigenvalue weighted by molar-refractivity contribution is -0.116. The maximum absolute atomic E-state index is 12.4. The minimum absolute atomic E-state index is 0.166. The molecule has 1 amide bonds. The lowest BCUT2D eigenvalue weighted by Gasteiger charge is -2.13. The highest BCUT2D eigenvalue weighted by Crippen LogP contribution is 2.31. The minimum Gasteiger partial charge on any atom is -0.493 e. The number of nitrogens with one attached hydrogen (secondary N) is 1. The molecule has 0 aliphatic carbocycles. The summed E-state index contributed by atoms with van der Waals surface area (Å²) in [5, 5.41) is 14.8. The third-order valence-electron chi connectivity index (χ3n) is 4.39. The predicted molar refractivity (Wildman–Crippen MR) is 116 cm³/mol. The number of aromatic nitrogens is 3. The van der Waals surface area contributed by atoms with Crippen molar-refractivity contribution in [3.63, 3.8) is 0 Å². The van der Waals surface area contributed by atoms with Gasteiger partial charge in [-0.3, -0.25) is 9.78 Å². The van der Waals surface area contributed by atoms with Crippen LogP contribution in [0, 0.1) is 0 Å². The zero-order chi connectivity index (χ0) is 21.5. The number of thiophene rings is 1. The molecule has 0 spiro atoms. The van der Waals surface area contributed by atoms with Crippen molar-refractivity contribution in [3.05, 3.63) is 71.0 Å². The van der Waals surface area contributed by atoms with Gasteiger partial charge in [-0.2, -0.15) is 11.3 Å². The number of nitrogens with zero attached hydrogens (tertiary/aromatic N) is 3. The van der Waals surface area contributed by atoms with Crippen molar-refractivity contribution < 1.29 is 18.7 Å². The van der Waals surface area contributed by atoms with E-state index >= 15 is 0 Å². The molecule has 3 heterocycles. The average molecular weight is 436 g/mol. The lowest BCUT2D eigenvalue weighted by Crippen LogP contribution is -2.12. The summed E-state index contributed by atoms with van der Waals surface area (Å²) in [7, 11) is 1.57. The number of aryl methyl sites for hydroxylation is 1. The SMILES string of the molecule is COc1ccc(NC(=O)CCc2nnc(-c3ccsc3)o2)cc1OCc1ccncc1. The number of amides is 1. The highest BCUT2D eigenvalue weighted by atomic mass is 32.1. The zero-order valence-corrected chi connectivity index (χ0v) is 17.6. The zero-order valence-electron chi connectivity index (χ0n) is 16.8. The number of pyridine rings is 1.